The number of benzene rings is 1. The molecule has 1 unspecified atom stereocenters. The summed E-state index contributed by atoms with van der Waals surface area (Å²) in [5, 5.41) is 2.69. The van der Waals surface area contributed by atoms with E-state index in [4.69, 9.17) is 4.74 Å². The Kier molecular flexibility index (Phi) is 5.27. The zero-order chi connectivity index (χ0) is 15.2. The Morgan fingerprint density at radius 2 is 2.10 bits per heavy atom. The number of carbonyl (C=O) groups is 2. The summed E-state index contributed by atoms with van der Waals surface area (Å²) < 4.78 is 17.8. The molecule has 1 aliphatic rings. The van der Waals surface area contributed by atoms with E-state index in [1.165, 1.54) is 24.3 Å². The minimum absolute atomic E-state index is 0.126. The molecule has 1 atom stereocenters. The third-order valence-corrected chi connectivity index (χ3v) is 3.40. The second-order valence-corrected chi connectivity index (χ2v) is 4.94. The van der Waals surface area contributed by atoms with E-state index in [9.17, 15) is 14.0 Å². The number of nitrogens with zero attached hydrogens (tertiary/aromatic N) is 1. The van der Waals surface area contributed by atoms with Gasteiger partial charge in [0.05, 0.1) is 13.2 Å². The third kappa shape index (κ3) is 4.26. The fourth-order valence-corrected chi connectivity index (χ4v) is 2.44. The monoisotopic (exact) mass is 294 g/mol. The first-order chi connectivity index (χ1) is 10.1. The van der Waals surface area contributed by atoms with Gasteiger partial charge in [0.2, 0.25) is 5.91 Å². The zero-order valence-corrected chi connectivity index (χ0v) is 12.0. The van der Waals surface area contributed by atoms with E-state index >= 15 is 0 Å². The Bertz CT molecular complexity index is 504. The fourth-order valence-electron chi connectivity index (χ4n) is 2.44. The summed E-state index contributed by atoms with van der Waals surface area (Å²) in [6.45, 7) is 2.92. The summed E-state index contributed by atoms with van der Waals surface area (Å²) in [4.78, 5) is 25.6. The summed E-state index contributed by atoms with van der Waals surface area (Å²) in [7, 11) is 0. The van der Waals surface area contributed by atoms with Crippen LogP contribution in [0.1, 0.15) is 19.8 Å². The van der Waals surface area contributed by atoms with Crippen LogP contribution in [0.4, 0.5) is 10.1 Å². The van der Waals surface area contributed by atoms with Crippen LogP contribution in [0.15, 0.2) is 24.3 Å². The molecule has 1 saturated heterocycles. The number of halogens is 1. The molecule has 1 aromatic carbocycles. The lowest BCUT2D eigenvalue weighted by Gasteiger charge is -2.22. The Morgan fingerprint density at radius 1 is 1.38 bits per heavy atom. The number of rotatable bonds is 5. The number of carbonyl (C=O) groups excluding carboxylic acids is 2. The summed E-state index contributed by atoms with van der Waals surface area (Å²) in [6, 6.07) is 5.23. The van der Waals surface area contributed by atoms with Crippen LogP contribution in [-0.2, 0) is 14.3 Å². The number of likely N-dealkylation sites (tertiary alicyclic amines) is 1. The van der Waals surface area contributed by atoms with Gasteiger partial charge in [-0.2, -0.15) is 0 Å². The van der Waals surface area contributed by atoms with Crippen molar-refractivity contribution in [3.05, 3.63) is 30.1 Å². The van der Waals surface area contributed by atoms with Crippen molar-refractivity contribution in [3.8, 4) is 0 Å². The summed E-state index contributed by atoms with van der Waals surface area (Å²) in [5.41, 5.74) is 0.535. The number of hydrogen-bond donors (Lipinski definition) is 1. The van der Waals surface area contributed by atoms with Gasteiger partial charge in [-0.05, 0) is 50.6 Å². The molecule has 1 aliphatic heterocycles. The second kappa shape index (κ2) is 7.17. The van der Waals surface area contributed by atoms with Gasteiger partial charge in [-0.15, -0.1) is 0 Å². The van der Waals surface area contributed by atoms with Gasteiger partial charge in [-0.3, -0.25) is 14.5 Å². The predicted molar refractivity (Wildman–Crippen MR) is 76.3 cm³/mol. The van der Waals surface area contributed by atoms with Crippen LogP contribution in [0.2, 0.25) is 0 Å². The maximum absolute atomic E-state index is 12.8. The molecule has 21 heavy (non-hydrogen) atoms. The topological polar surface area (TPSA) is 58.6 Å². The predicted octanol–water partition coefficient (Wildman–Crippen LogP) is 1.79. The van der Waals surface area contributed by atoms with Crippen molar-refractivity contribution < 1.29 is 18.7 Å². The minimum atomic E-state index is -0.352. The van der Waals surface area contributed by atoms with Crippen molar-refractivity contribution in [1.82, 2.24) is 4.90 Å². The molecule has 1 heterocycles. The number of hydrogen-bond acceptors (Lipinski definition) is 4. The molecular weight excluding hydrogens is 275 g/mol. The van der Waals surface area contributed by atoms with Crippen LogP contribution in [0.25, 0.3) is 0 Å². The molecule has 0 saturated carbocycles. The first kappa shape index (κ1) is 15.4. The van der Waals surface area contributed by atoms with Gasteiger partial charge in [0.1, 0.15) is 11.9 Å². The van der Waals surface area contributed by atoms with Crippen molar-refractivity contribution in [1.29, 1.82) is 0 Å². The Morgan fingerprint density at radius 3 is 2.76 bits per heavy atom. The standard InChI is InChI=1S/C15H19FN2O3/c1-2-21-15(20)13-4-3-9-18(13)10-14(19)17-12-7-5-11(16)6-8-12/h5-8,13H,2-4,9-10H2,1H3,(H,17,19). The van der Waals surface area contributed by atoms with Gasteiger partial charge < -0.3 is 10.1 Å². The average molecular weight is 294 g/mol. The molecule has 114 valence electrons. The maximum Gasteiger partial charge on any atom is 0.323 e. The molecule has 1 N–H and O–H groups in total. The molecule has 0 spiro atoms. The summed E-state index contributed by atoms with van der Waals surface area (Å²) in [6.07, 6.45) is 1.58. The SMILES string of the molecule is CCOC(=O)C1CCCN1CC(=O)Nc1ccc(F)cc1. The van der Waals surface area contributed by atoms with Gasteiger partial charge in [-0.25, -0.2) is 4.39 Å². The highest BCUT2D eigenvalue weighted by molar-refractivity contribution is 5.92. The van der Waals surface area contributed by atoms with E-state index in [1.807, 2.05) is 4.90 Å². The zero-order valence-electron chi connectivity index (χ0n) is 12.0. The molecule has 0 radical (unpaired) electrons. The van der Waals surface area contributed by atoms with E-state index < -0.39 is 0 Å². The largest absolute Gasteiger partial charge is 0.465 e. The molecule has 5 nitrogen and oxygen atoms in total. The lowest BCUT2D eigenvalue weighted by atomic mass is 10.2. The van der Waals surface area contributed by atoms with E-state index in [1.54, 1.807) is 6.92 Å². The lowest BCUT2D eigenvalue weighted by molar-refractivity contribution is -0.148. The van der Waals surface area contributed by atoms with E-state index in [0.717, 1.165) is 6.42 Å². The normalized spacial score (nSPS) is 18.5. The summed E-state index contributed by atoms with van der Waals surface area (Å²) in [5.74, 6) is -0.850. The summed E-state index contributed by atoms with van der Waals surface area (Å²) >= 11 is 0. The molecule has 6 heteroatoms. The maximum atomic E-state index is 12.8. The number of esters is 1. The van der Waals surface area contributed by atoms with Crippen LogP contribution in [0, 0.1) is 5.82 Å². The minimum Gasteiger partial charge on any atom is -0.465 e. The quantitative estimate of drug-likeness (QED) is 0.841. The van der Waals surface area contributed by atoms with Gasteiger partial charge in [0.25, 0.3) is 0 Å². The highest BCUT2D eigenvalue weighted by Gasteiger charge is 2.32. The molecular formula is C15H19FN2O3. The molecule has 0 aromatic heterocycles. The number of amides is 1. The van der Waals surface area contributed by atoms with Crippen LogP contribution in [0.3, 0.4) is 0 Å². The Labute approximate surface area is 123 Å². The Balaban J connectivity index is 1.89. The molecule has 2 rings (SSSR count). The average Bonchev–Trinajstić information content (AvgIpc) is 2.90. The molecule has 1 aromatic rings. The second-order valence-electron chi connectivity index (χ2n) is 4.94. The Hall–Kier alpha value is -1.95. The van der Waals surface area contributed by atoms with Crippen molar-refractivity contribution >= 4 is 17.6 Å². The van der Waals surface area contributed by atoms with Crippen molar-refractivity contribution in [3.63, 3.8) is 0 Å². The lowest BCUT2D eigenvalue weighted by Crippen LogP contribution is -2.41. The number of nitrogens with one attached hydrogen (secondary N) is 1. The first-order valence-electron chi connectivity index (χ1n) is 7.06. The van der Waals surface area contributed by atoms with Crippen LogP contribution in [-0.4, -0.2) is 42.5 Å². The van der Waals surface area contributed by atoms with Crippen molar-refractivity contribution in [2.75, 3.05) is 25.0 Å². The highest BCUT2D eigenvalue weighted by atomic mass is 19.1. The van der Waals surface area contributed by atoms with Crippen molar-refractivity contribution in [2.45, 2.75) is 25.8 Å². The van der Waals surface area contributed by atoms with Crippen molar-refractivity contribution in [2.24, 2.45) is 0 Å². The molecule has 1 fully saturated rings. The van der Waals surface area contributed by atoms with Gasteiger partial charge >= 0.3 is 5.97 Å². The van der Waals surface area contributed by atoms with Crippen LogP contribution in [0.5, 0.6) is 0 Å². The van der Waals surface area contributed by atoms with E-state index in [2.05, 4.69) is 5.32 Å². The third-order valence-electron chi connectivity index (χ3n) is 3.40. The van der Waals surface area contributed by atoms with Gasteiger partial charge in [0.15, 0.2) is 0 Å². The smallest absolute Gasteiger partial charge is 0.323 e. The van der Waals surface area contributed by atoms with Gasteiger partial charge in [0, 0.05) is 5.69 Å². The van der Waals surface area contributed by atoms with E-state index in [-0.39, 0.29) is 30.3 Å². The molecule has 0 bridgehead atoms. The number of anilines is 1. The van der Waals surface area contributed by atoms with E-state index in [0.29, 0.717) is 25.3 Å². The fraction of sp³-hybridized carbons (Fsp3) is 0.467. The first-order valence-corrected chi connectivity index (χ1v) is 7.06. The molecule has 1 amide bonds. The number of ether oxygens (including phenoxy) is 1. The van der Waals surface area contributed by atoms with Crippen LogP contribution >= 0.6 is 0 Å². The van der Waals surface area contributed by atoms with Crippen LogP contribution < -0.4 is 5.32 Å². The highest BCUT2D eigenvalue weighted by Crippen LogP contribution is 2.18. The molecule has 0 aliphatic carbocycles. The van der Waals surface area contributed by atoms with Gasteiger partial charge in [-0.1, -0.05) is 0 Å².